The first-order chi connectivity index (χ1) is 8.65. The highest BCUT2D eigenvalue weighted by Crippen LogP contribution is 2.23. The molecule has 1 aromatic heterocycles. The van der Waals surface area contributed by atoms with Gasteiger partial charge >= 0.3 is 0 Å². The number of H-pyrrole nitrogens is 1. The van der Waals surface area contributed by atoms with Crippen molar-refractivity contribution in [2.24, 2.45) is 0 Å². The molecule has 18 heavy (non-hydrogen) atoms. The first-order valence-electron chi connectivity index (χ1n) is 6.16. The Morgan fingerprint density at radius 3 is 3.00 bits per heavy atom. The molecular weight excluding hydrogens is 228 g/mol. The zero-order valence-electron chi connectivity index (χ0n) is 10.3. The second-order valence-electron chi connectivity index (χ2n) is 4.94. The van der Waals surface area contributed by atoms with Gasteiger partial charge in [-0.05, 0) is 24.1 Å². The second kappa shape index (κ2) is 4.14. The van der Waals surface area contributed by atoms with Crippen LogP contribution in [0.15, 0.2) is 24.4 Å². The maximum absolute atomic E-state index is 12.0. The third kappa shape index (κ3) is 1.78. The maximum Gasteiger partial charge on any atom is 0.227 e. The molecule has 0 bridgehead atoms. The molecule has 1 aliphatic rings. The number of fused-ring (bicyclic) bond motifs is 1. The predicted molar refractivity (Wildman–Crippen MR) is 69.3 cm³/mol. The Morgan fingerprint density at radius 2 is 2.28 bits per heavy atom. The van der Waals surface area contributed by atoms with Crippen LogP contribution >= 0.6 is 0 Å². The summed E-state index contributed by atoms with van der Waals surface area (Å²) in [6, 6.07) is 6.08. The fraction of sp³-hybridized carbons (Fsp3) is 0.357. The predicted octanol–water partition coefficient (Wildman–Crippen LogP) is 1.22. The number of aryl methyl sites for hydroxylation is 1. The van der Waals surface area contributed by atoms with Gasteiger partial charge in [-0.25, -0.2) is 0 Å². The molecule has 0 radical (unpaired) electrons. The van der Waals surface area contributed by atoms with E-state index in [1.165, 1.54) is 5.56 Å². The fourth-order valence-corrected chi connectivity index (χ4v) is 2.52. The summed E-state index contributed by atoms with van der Waals surface area (Å²) in [6.45, 7) is 3.00. The topological polar surface area (TPSA) is 56.3 Å². The van der Waals surface area contributed by atoms with Crippen molar-refractivity contribution in [1.82, 2.24) is 9.88 Å². The number of hydrogen-bond acceptors (Lipinski definition) is 2. The molecule has 3 rings (SSSR count). The molecule has 94 valence electrons. The minimum Gasteiger partial charge on any atom is -0.389 e. The largest absolute Gasteiger partial charge is 0.389 e. The lowest BCUT2D eigenvalue weighted by Crippen LogP contribution is -2.53. The van der Waals surface area contributed by atoms with Gasteiger partial charge in [0.2, 0.25) is 5.91 Å². The minimum atomic E-state index is -0.335. The quantitative estimate of drug-likeness (QED) is 0.834. The van der Waals surface area contributed by atoms with Gasteiger partial charge < -0.3 is 15.0 Å². The van der Waals surface area contributed by atoms with Gasteiger partial charge in [0.15, 0.2) is 0 Å². The Morgan fingerprint density at radius 1 is 1.50 bits per heavy atom. The number of aromatic amines is 1. The van der Waals surface area contributed by atoms with Crippen LogP contribution in [0.5, 0.6) is 0 Å². The molecule has 1 saturated heterocycles. The third-order valence-corrected chi connectivity index (χ3v) is 3.55. The molecule has 0 unspecified atom stereocenters. The van der Waals surface area contributed by atoms with Crippen LogP contribution in [-0.2, 0) is 11.2 Å². The van der Waals surface area contributed by atoms with Gasteiger partial charge in [0.05, 0.1) is 12.5 Å². The monoisotopic (exact) mass is 244 g/mol. The normalized spacial score (nSPS) is 16.0. The van der Waals surface area contributed by atoms with E-state index in [-0.39, 0.29) is 12.0 Å². The number of hydrogen-bond donors (Lipinski definition) is 2. The Hall–Kier alpha value is -1.81. The lowest BCUT2D eigenvalue weighted by atomic mass is 10.0. The Bertz CT molecular complexity index is 597. The minimum absolute atomic E-state index is 0.0875. The van der Waals surface area contributed by atoms with Crippen LogP contribution in [0.25, 0.3) is 10.9 Å². The second-order valence-corrected chi connectivity index (χ2v) is 4.94. The van der Waals surface area contributed by atoms with E-state index in [0.717, 1.165) is 16.5 Å². The number of nitrogens with one attached hydrogen (secondary N) is 1. The number of likely N-dealkylation sites (tertiary alicyclic amines) is 1. The van der Waals surface area contributed by atoms with E-state index in [2.05, 4.69) is 18.0 Å². The van der Waals surface area contributed by atoms with Crippen molar-refractivity contribution >= 4 is 16.8 Å². The van der Waals surface area contributed by atoms with Gasteiger partial charge in [0, 0.05) is 30.2 Å². The molecular formula is C14H16N2O2. The molecule has 4 heteroatoms. The summed E-state index contributed by atoms with van der Waals surface area (Å²) in [5.74, 6) is 0.0875. The van der Waals surface area contributed by atoms with Crippen molar-refractivity contribution < 1.29 is 9.90 Å². The average molecular weight is 244 g/mol. The Balaban J connectivity index is 1.84. The number of aliphatic hydroxyl groups excluding tert-OH is 1. The van der Waals surface area contributed by atoms with Crippen LogP contribution in [0.1, 0.15) is 11.1 Å². The van der Waals surface area contributed by atoms with Gasteiger partial charge in [-0.3, -0.25) is 4.79 Å². The number of aliphatic hydroxyl groups is 1. The SMILES string of the molecule is Cc1cccc2[nH]cc(CC(=O)N3CC(O)C3)c12. The third-order valence-electron chi connectivity index (χ3n) is 3.55. The Labute approximate surface area is 105 Å². The standard InChI is InChI=1S/C14H16N2O2/c1-9-3-2-4-12-14(9)10(6-15-12)5-13(18)16-7-11(17)8-16/h2-4,6,11,15,17H,5,7-8H2,1H3. The van der Waals surface area contributed by atoms with E-state index in [1.54, 1.807) is 4.90 Å². The zero-order chi connectivity index (χ0) is 12.7. The highest BCUT2D eigenvalue weighted by atomic mass is 16.3. The summed E-state index contributed by atoms with van der Waals surface area (Å²) in [6.07, 6.45) is 1.97. The molecule has 2 N–H and O–H groups in total. The first-order valence-corrected chi connectivity index (χ1v) is 6.16. The number of carbonyl (C=O) groups excluding carboxylic acids is 1. The van der Waals surface area contributed by atoms with Gasteiger partial charge in [-0.1, -0.05) is 12.1 Å². The Kier molecular flexibility index (Phi) is 2.59. The number of rotatable bonds is 2. The van der Waals surface area contributed by atoms with E-state index in [0.29, 0.717) is 19.5 Å². The van der Waals surface area contributed by atoms with Crippen molar-refractivity contribution in [3.05, 3.63) is 35.5 Å². The number of β-amino-alcohol motifs (C(OH)–C–C–N with tert-alkyl or cyclic N) is 1. The summed E-state index contributed by atoms with van der Waals surface area (Å²) in [5.41, 5.74) is 3.29. The van der Waals surface area contributed by atoms with Crippen LogP contribution in [-0.4, -0.2) is 40.1 Å². The summed E-state index contributed by atoms with van der Waals surface area (Å²) in [5, 5.41) is 10.4. The van der Waals surface area contributed by atoms with Crippen molar-refractivity contribution in [1.29, 1.82) is 0 Å². The van der Waals surface area contributed by atoms with E-state index in [1.807, 2.05) is 18.3 Å². The number of amides is 1. The molecule has 1 fully saturated rings. The zero-order valence-corrected chi connectivity index (χ0v) is 10.3. The molecule has 0 spiro atoms. The van der Waals surface area contributed by atoms with Crippen LogP contribution in [0.2, 0.25) is 0 Å². The number of aromatic nitrogens is 1. The van der Waals surface area contributed by atoms with Crippen LogP contribution in [0, 0.1) is 6.92 Å². The molecule has 1 aromatic carbocycles. The lowest BCUT2D eigenvalue weighted by molar-refractivity contribution is -0.140. The molecule has 2 aromatic rings. The van der Waals surface area contributed by atoms with Gasteiger partial charge in [-0.15, -0.1) is 0 Å². The lowest BCUT2D eigenvalue weighted by Gasteiger charge is -2.35. The van der Waals surface area contributed by atoms with Gasteiger partial charge in [0.1, 0.15) is 0 Å². The van der Waals surface area contributed by atoms with Gasteiger partial charge in [0.25, 0.3) is 0 Å². The average Bonchev–Trinajstić information content (AvgIpc) is 2.70. The number of nitrogens with zero attached hydrogens (tertiary/aromatic N) is 1. The summed E-state index contributed by atoms with van der Waals surface area (Å²) < 4.78 is 0. The van der Waals surface area contributed by atoms with Crippen molar-refractivity contribution in [2.75, 3.05) is 13.1 Å². The summed E-state index contributed by atoms with van der Waals surface area (Å²) >= 11 is 0. The van der Waals surface area contributed by atoms with E-state index in [4.69, 9.17) is 0 Å². The molecule has 0 saturated carbocycles. The highest BCUT2D eigenvalue weighted by Gasteiger charge is 2.28. The van der Waals surface area contributed by atoms with Crippen LogP contribution < -0.4 is 0 Å². The van der Waals surface area contributed by atoms with Crippen molar-refractivity contribution in [2.45, 2.75) is 19.4 Å². The molecule has 2 heterocycles. The highest BCUT2D eigenvalue weighted by molar-refractivity contribution is 5.91. The molecule has 0 atom stereocenters. The van der Waals surface area contributed by atoms with E-state index >= 15 is 0 Å². The number of benzene rings is 1. The maximum atomic E-state index is 12.0. The summed E-state index contributed by atoms with van der Waals surface area (Å²) in [7, 11) is 0. The van der Waals surface area contributed by atoms with E-state index < -0.39 is 0 Å². The van der Waals surface area contributed by atoms with Crippen molar-refractivity contribution in [3.8, 4) is 0 Å². The number of carbonyl (C=O) groups is 1. The van der Waals surface area contributed by atoms with Gasteiger partial charge in [-0.2, -0.15) is 0 Å². The molecule has 1 aliphatic heterocycles. The van der Waals surface area contributed by atoms with Crippen molar-refractivity contribution in [3.63, 3.8) is 0 Å². The molecule has 0 aliphatic carbocycles. The molecule has 1 amide bonds. The fourth-order valence-electron chi connectivity index (χ4n) is 2.52. The molecule has 4 nitrogen and oxygen atoms in total. The first kappa shape index (κ1) is 11.3. The van der Waals surface area contributed by atoms with Crippen LogP contribution in [0.4, 0.5) is 0 Å². The summed E-state index contributed by atoms with van der Waals surface area (Å²) in [4.78, 5) is 16.9. The smallest absolute Gasteiger partial charge is 0.227 e. The van der Waals surface area contributed by atoms with Crippen LogP contribution in [0.3, 0.4) is 0 Å². The van der Waals surface area contributed by atoms with E-state index in [9.17, 15) is 9.90 Å².